The minimum atomic E-state index is -0.339. The number of methoxy groups -OCH3 is 1. The highest BCUT2D eigenvalue weighted by molar-refractivity contribution is 5.89. The van der Waals surface area contributed by atoms with Gasteiger partial charge in [-0.05, 0) is 67.8 Å². The number of ether oxygens (including phenoxy) is 1. The minimum Gasteiger partial charge on any atom is -0.497 e. The Morgan fingerprint density at radius 3 is 2.57 bits per heavy atom. The normalized spacial score (nSPS) is 10.8. The van der Waals surface area contributed by atoms with Crippen molar-refractivity contribution in [1.82, 2.24) is 9.88 Å². The molecule has 0 atom stereocenters. The summed E-state index contributed by atoms with van der Waals surface area (Å²) in [5, 5.41) is 13.0. The van der Waals surface area contributed by atoms with Crippen molar-refractivity contribution < 1.29 is 14.6 Å². The maximum absolute atomic E-state index is 12.9. The predicted molar refractivity (Wildman–Crippen MR) is 118 cm³/mol. The van der Waals surface area contributed by atoms with Crippen LogP contribution in [0.25, 0.3) is 10.9 Å². The van der Waals surface area contributed by atoms with E-state index in [1.807, 2.05) is 26.0 Å². The second kappa shape index (κ2) is 9.45. The summed E-state index contributed by atoms with van der Waals surface area (Å²) in [6.45, 7) is 4.40. The van der Waals surface area contributed by atoms with Gasteiger partial charge in [-0.2, -0.15) is 0 Å². The number of anilines is 1. The van der Waals surface area contributed by atoms with Gasteiger partial charge in [0.1, 0.15) is 5.75 Å². The molecule has 1 aromatic heterocycles. The third kappa shape index (κ3) is 4.99. The molecule has 1 heterocycles. The van der Waals surface area contributed by atoms with E-state index < -0.39 is 0 Å². The second-order valence-electron chi connectivity index (χ2n) is 7.32. The zero-order valence-electron chi connectivity index (χ0n) is 17.5. The Morgan fingerprint density at radius 1 is 1.17 bits per heavy atom. The molecule has 0 aliphatic heterocycles. The lowest BCUT2D eigenvalue weighted by atomic mass is 10.0. The van der Waals surface area contributed by atoms with Gasteiger partial charge < -0.3 is 25.0 Å². The van der Waals surface area contributed by atoms with Gasteiger partial charge in [0.15, 0.2) is 0 Å². The highest BCUT2D eigenvalue weighted by Crippen LogP contribution is 2.20. The molecule has 0 aliphatic rings. The molecule has 2 amide bonds. The Kier molecular flexibility index (Phi) is 6.74. The number of aromatic amines is 1. The molecule has 7 heteroatoms. The third-order valence-corrected chi connectivity index (χ3v) is 4.97. The molecule has 3 aromatic rings. The molecule has 30 heavy (non-hydrogen) atoms. The summed E-state index contributed by atoms with van der Waals surface area (Å²) < 4.78 is 5.13. The van der Waals surface area contributed by atoms with Gasteiger partial charge in [0, 0.05) is 35.3 Å². The highest BCUT2D eigenvalue weighted by Gasteiger charge is 2.17. The Morgan fingerprint density at radius 2 is 1.90 bits per heavy atom. The number of aliphatic hydroxyl groups excluding tert-OH is 1. The highest BCUT2D eigenvalue weighted by atomic mass is 16.5. The minimum absolute atomic E-state index is 0.0429. The van der Waals surface area contributed by atoms with Crippen LogP contribution in [0, 0.1) is 13.8 Å². The van der Waals surface area contributed by atoms with Gasteiger partial charge in [0.05, 0.1) is 13.7 Å². The number of amides is 2. The molecular weight excluding hydrogens is 382 g/mol. The molecule has 0 radical (unpaired) electrons. The average molecular weight is 409 g/mol. The molecule has 2 aromatic carbocycles. The van der Waals surface area contributed by atoms with E-state index in [0.717, 1.165) is 22.0 Å². The lowest BCUT2D eigenvalue weighted by Gasteiger charge is -2.23. The summed E-state index contributed by atoms with van der Waals surface area (Å²) in [6, 6.07) is 12.5. The van der Waals surface area contributed by atoms with Crippen LogP contribution in [-0.2, 0) is 6.54 Å². The molecule has 0 spiro atoms. The van der Waals surface area contributed by atoms with Crippen LogP contribution in [0.5, 0.6) is 5.75 Å². The maximum Gasteiger partial charge on any atom is 0.322 e. The lowest BCUT2D eigenvalue weighted by Crippen LogP contribution is -2.37. The van der Waals surface area contributed by atoms with Crippen molar-refractivity contribution in [3.8, 4) is 5.75 Å². The fraction of sp³-hybridized carbons (Fsp3) is 0.304. The predicted octanol–water partition coefficient (Wildman–Crippen LogP) is 3.57. The smallest absolute Gasteiger partial charge is 0.322 e. The van der Waals surface area contributed by atoms with Crippen LogP contribution in [0.4, 0.5) is 10.5 Å². The molecule has 7 nitrogen and oxygen atoms in total. The van der Waals surface area contributed by atoms with Gasteiger partial charge in [-0.15, -0.1) is 0 Å². The molecule has 0 saturated heterocycles. The number of nitrogens with one attached hydrogen (secondary N) is 2. The van der Waals surface area contributed by atoms with Gasteiger partial charge in [0.2, 0.25) is 0 Å². The summed E-state index contributed by atoms with van der Waals surface area (Å²) in [5.41, 5.74) is 3.81. The zero-order chi connectivity index (χ0) is 21.7. The third-order valence-electron chi connectivity index (χ3n) is 4.97. The van der Waals surface area contributed by atoms with Gasteiger partial charge >= 0.3 is 6.03 Å². The van der Waals surface area contributed by atoms with Gasteiger partial charge in [-0.25, -0.2) is 4.79 Å². The molecule has 3 rings (SSSR count). The molecule has 0 fully saturated rings. The van der Waals surface area contributed by atoms with Crippen LogP contribution in [-0.4, -0.2) is 41.3 Å². The number of aliphatic hydroxyl groups is 1. The Hall–Kier alpha value is -3.32. The van der Waals surface area contributed by atoms with Crippen LogP contribution >= 0.6 is 0 Å². The second-order valence-corrected chi connectivity index (χ2v) is 7.32. The quantitative estimate of drug-likeness (QED) is 0.556. The van der Waals surface area contributed by atoms with Crippen molar-refractivity contribution in [2.75, 3.05) is 25.6 Å². The number of nitrogens with zero attached hydrogens (tertiary/aromatic N) is 1. The monoisotopic (exact) mass is 409 g/mol. The number of aryl methyl sites for hydroxylation is 2. The average Bonchev–Trinajstić information content (AvgIpc) is 2.72. The van der Waals surface area contributed by atoms with E-state index in [0.29, 0.717) is 30.0 Å². The van der Waals surface area contributed by atoms with Crippen molar-refractivity contribution in [3.05, 3.63) is 69.5 Å². The number of fused-ring (bicyclic) bond motifs is 1. The van der Waals surface area contributed by atoms with Crippen molar-refractivity contribution >= 4 is 22.6 Å². The first kappa shape index (κ1) is 21.4. The molecule has 3 N–H and O–H groups in total. The van der Waals surface area contributed by atoms with Crippen LogP contribution in [0.1, 0.15) is 23.1 Å². The number of hydrogen-bond acceptors (Lipinski definition) is 4. The SMILES string of the molecule is COc1ccc(NC(=O)N(CCCO)Cc2cc3c(C)cc(C)cc3[nH]c2=O)cc1. The number of carbonyl (C=O) groups is 1. The number of aromatic nitrogens is 1. The van der Waals surface area contributed by atoms with Crippen LogP contribution < -0.4 is 15.6 Å². The van der Waals surface area contributed by atoms with Gasteiger partial charge in [-0.3, -0.25) is 4.79 Å². The first-order chi connectivity index (χ1) is 14.4. The molecule has 0 aliphatic carbocycles. The number of urea groups is 1. The largest absolute Gasteiger partial charge is 0.497 e. The van der Waals surface area contributed by atoms with E-state index >= 15 is 0 Å². The van der Waals surface area contributed by atoms with Crippen molar-refractivity contribution in [1.29, 1.82) is 0 Å². The van der Waals surface area contributed by atoms with Gasteiger partial charge in [-0.1, -0.05) is 6.07 Å². The number of H-pyrrole nitrogens is 1. The maximum atomic E-state index is 12.9. The number of hydrogen-bond donors (Lipinski definition) is 3. The fourth-order valence-electron chi connectivity index (χ4n) is 3.43. The topological polar surface area (TPSA) is 94.7 Å². The van der Waals surface area contributed by atoms with Crippen LogP contribution in [0.15, 0.2) is 47.3 Å². The van der Waals surface area contributed by atoms with Crippen LogP contribution in [0.3, 0.4) is 0 Å². The number of rotatable bonds is 7. The first-order valence-corrected chi connectivity index (χ1v) is 9.85. The Balaban J connectivity index is 1.85. The standard InChI is InChI=1S/C23H27N3O4/c1-15-11-16(2)20-13-17(22(28)25-21(20)12-15)14-26(9-4-10-27)23(29)24-18-5-7-19(30-3)8-6-18/h5-8,11-13,27H,4,9-10,14H2,1-3H3,(H,24,29)(H,25,28). The van der Waals surface area contributed by atoms with E-state index in [9.17, 15) is 14.7 Å². The first-order valence-electron chi connectivity index (χ1n) is 9.85. The van der Waals surface area contributed by atoms with E-state index in [4.69, 9.17) is 4.74 Å². The zero-order valence-corrected chi connectivity index (χ0v) is 17.5. The van der Waals surface area contributed by atoms with E-state index in [-0.39, 0.29) is 24.7 Å². The molecular formula is C23H27N3O4. The number of carbonyl (C=O) groups excluding carboxylic acids is 1. The number of pyridine rings is 1. The van der Waals surface area contributed by atoms with Crippen molar-refractivity contribution in [2.45, 2.75) is 26.8 Å². The van der Waals surface area contributed by atoms with Crippen LogP contribution in [0.2, 0.25) is 0 Å². The Bertz CT molecular complexity index is 1090. The Labute approximate surface area is 175 Å². The molecule has 0 bridgehead atoms. The molecule has 0 unspecified atom stereocenters. The van der Waals surface area contributed by atoms with Crippen molar-refractivity contribution in [3.63, 3.8) is 0 Å². The van der Waals surface area contributed by atoms with E-state index in [1.54, 1.807) is 31.4 Å². The molecule has 158 valence electrons. The summed E-state index contributed by atoms with van der Waals surface area (Å²) in [7, 11) is 1.58. The summed E-state index contributed by atoms with van der Waals surface area (Å²) >= 11 is 0. The summed E-state index contributed by atoms with van der Waals surface area (Å²) in [6.07, 6.45) is 0.416. The molecule has 0 saturated carbocycles. The fourth-order valence-corrected chi connectivity index (χ4v) is 3.43. The van der Waals surface area contributed by atoms with E-state index in [1.165, 1.54) is 4.90 Å². The van der Waals surface area contributed by atoms with Gasteiger partial charge in [0.25, 0.3) is 5.56 Å². The summed E-state index contributed by atoms with van der Waals surface area (Å²) in [5.74, 6) is 0.693. The lowest BCUT2D eigenvalue weighted by molar-refractivity contribution is 0.199. The van der Waals surface area contributed by atoms with Crippen molar-refractivity contribution in [2.24, 2.45) is 0 Å². The number of benzene rings is 2. The summed E-state index contributed by atoms with van der Waals surface area (Å²) in [4.78, 5) is 29.9. The van der Waals surface area contributed by atoms with E-state index in [2.05, 4.69) is 16.4 Å².